The van der Waals surface area contributed by atoms with Crippen molar-refractivity contribution in [3.05, 3.63) is 66.4 Å². The molecule has 0 radical (unpaired) electrons. The molecule has 0 aliphatic heterocycles. The van der Waals surface area contributed by atoms with Gasteiger partial charge in [-0.05, 0) is 31.2 Å². The molecule has 24 heavy (non-hydrogen) atoms. The van der Waals surface area contributed by atoms with Crippen molar-refractivity contribution in [3.63, 3.8) is 0 Å². The van der Waals surface area contributed by atoms with Crippen molar-refractivity contribution < 1.29 is 18.6 Å². The van der Waals surface area contributed by atoms with E-state index >= 15 is 0 Å². The maximum atomic E-state index is 5.69. The van der Waals surface area contributed by atoms with Crippen LogP contribution in [0.5, 0.6) is 17.2 Å². The van der Waals surface area contributed by atoms with E-state index in [-0.39, 0.29) is 13.2 Å². The van der Waals surface area contributed by atoms with Crippen molar-refractivity contribution in [3.8, 4) is 17.2 Å². The molecule has 0 atom stereocenters. The summed E-state index contributed by atoms with van der Waals surface area (Å²) in [4.78, 5) is 0. The molecule has 0 spiro atoms. The minimum Gasteiger partial charge on any atom is -0.490 e. The van der Waals surface area contributed by atoms with Gasteiger partial charge in [-0.2, -0.15) is 0 Å². The number of benzene rings is 2. The van der Waals surface area contributed by atoms with Crippen molar-refractivity contribution in [2.24, 2.45) is 0 Å². The van der Waals surface area contributed by atoms with E-state index in [0.29, 0.717) is 29.9 Å². The van der Waals surface area contributed by atoms with Crippen LogP contribution < -0.4 is 14.2 Å². The SMILES string of the molecule is CCOc1ccccc1OCc1nnc(COc2ccccc2)o1. The van der Waals surface area contributed by atoms with E-state index in [1.165, 1.54) is 0 Å². The van der Waals surface area contributed by atoms with Crippen LogP contribution in [0.2, 0.25) is 0 Å². The largest absolute Gasteiger partial charge is 0.490 e. The maximum Gasteiger partial charge on any atom is 0.254 e. The van der Waals surface area contributed by atoms with Gasteiger partial charge in [0.25, 0.3) is 11.8 Å². The summed E-state index contributed by atoms with van der Waals surface area (Å²) < 4.78 is 22.3. The molecule has 0 bridgehead atoms. The van der Waals surface area contributed by atoms with Gasteiger partial charge in [0.15, 0.2) is 24.7 Å². The summed E-state index contributed by atoms with van der Waals surface area (Å²) in [5.41, 5.74) is 0. The lowest BCUT2D eigenvalue weighted by atomic mass is 10.3. The fourth-order valence-corrected chi connectivity index (χ4v) is 2.05. The van der Waals surface area contributed by atoms with Crippen molar-refractivity contribution in [2.75, 3.05) is 6.61 Å². The Labute approximate surface area is 140 Å². The molecular formula is C18H18N2O4. The molecule has 1 heterocycles. The van der Waals surface area contributed by atoms with Crippen LogP contribution in [0.4, 0.5) is 0 Å². The third-order valence-corrected chi connectivity index (χ3v) is 3.11. The minimum atomic E-state index is 0.169. The lowest BCUT2D eigenvalue weighted by Crippen LogP contribution is -1.99. The van der Waals surface area contributed by atoms with Gasteiger partial charge in [-0.15, -0.1) is 10.2 Å². The van der Waals surface area contributed by atoms with Crippen LogP contribution in [0.25, 0.3) is 0 Å². The first kappa shape index (κ1) is 15.9. The van der Waals surface area contributed by atoms with Gasteiger partial charge >= 0.3 is 0 Å². The Morgan fingerprint density at radius 1 is 0.750 bits per heavy atom. The first-order valence-corrected chi connectivity index (χ1v) is 7.69. The highest BCUT2D eigenvalue weighted by Gasteiger charge is 2.09. The zero-order chi connectivity index (χ0) is 16.6. The Hall–Kier alpha value is -3.02. The molecule has 6 nitrogen and oxygen atoms in total. The summed E-state index contributed by atoms with van der Waals surface area (Å²) in [6, 6.07) is 16.9. The van der Waals surface area contributed by atoms with Gasteiger partial charge in [-0.3, -0.25) is 0 Å². The Morgan fingerprint density at radius 3 is 2.00 bits per heavy atom. The molecule has 0 aliphatic rings. The quantitative estimate of drug-likeness (QED) is 0.630. The predicted octanol–water partition coefficient (Wildman–Crippen LogP) is 3.63. The number of hydrogen-bond acceptors (Lipinski definition) is 6. The monoisotopic (exact) mass is 326 g/mol. The van der Waals surface area contributed by atoms with Crippen molar-refractivity contribution in [1.82, 2.24) is 10.2 Å². The van der Waals surface area contributed by atoms with Gasteiger partial charge in [0, 0.05) is 0 Å². The molecule has 0 amide bonds. The zero-order valence-corrected chi connectivity index (χ0v) is 13.3. The number of rotatable bonds is 8. The second kappa shape index (κ2) is 8.01. The molecule has 0 aliphatic carbocycles. The summed E-state index contributed by atoms with van der Waals surface area (Å²) in [5.74, 6) is 2.86. The van der Waals surface area contributed by atoms with E-state index in [1.807, 2.05) is 61.5 Å². The molecule has 6 heteroatoms. The van der Waals surface area contributed by atoms with Crippen molar-refractivity contribution >= 4 is 0 Å². The lowest BCUT2D eigenvalue weighted by Gasteiger charge is -2.09. The fourth-order valence-electron chi connectivity index (χ4n) is 2.05. The Kier molecular flexibility index (Phi) is 5.29. The molecule has 2 aromatic carbocycles. The van der Waals surface area contributed by atoms with Gasteiger partial charge in [0.1, 0.15) is 5.75 Å². The molecule has 0 unspecified atom stereocenters. The number of ether oxygens (including phenoxy) is 3. The first-order valence-electron chi connectivity index (χ1n) is 7.69. The van der Waals surface area contributed by atoms with Gasteiger partial charge in [0.05, 0.1) is 6.61 Å². The van der Waals surface area contributed by atoms with E-state index in [2.05, 4.69) is 10.2 Å². The van der Waals surface area contributed by atoms with Crippen molar-refractivity contribution in [1.29, 1.82) is 0 Å². The summed E-state index contributed by atoms with van der Waals surface area (Å²) in [6.45, 7) is 2.88. The van der Waals surface area contributed by atoms with Crippen LogP contribution in [-0.2, 0) is 13.2 Å². The molecule has 3 aromatic rings. The molecule has 0 saturated heterocycles. The molecular weight excluding hydrogens is 308 g/mol. The number of para-hydroxylation sites is 3. The normalized spacial score (nSPS) is 10.4. The maximum absolute atomic E-state index is 5.69. The molecule has 0 fully saturated rings. The average molecular weight is 326 g/mol. The number of nitrogens with zero attached hydrogens (tertiary/aromatic N) is 2. The van der Waals surface area contributed by atoms with Crippen LogP contribution in [0.15, 0.2) is 59.0 Å². The smallest absolute Gasteiger partial charge is 0.254 e. The summed E-state index contributed by atoms with van der Waals surface area (Å²) >= 11 is 0. The second-order valence-electron chi connectivity index (χ2n) is 4.86. The summed E-state index contributed by atoms with van der Waals surface area (Å²) in [7, 11) is 0. The highest BCUT2D eigenvalue weighted by molar-refractivity contribution is 5.39. The van der Waals surface area contributed by atoms with Crippen molar-refractivity contribution in [2.45, 2.75) is 20.1 Å². The van der Waals surface area contributed by atoms with Crippen LogP contribution in [0, 0.1) is 0 Å². The van der Waals surface area contributed by atoms with E-state index < -0.39 is 0 Å². The van der Waals surface area contributed by atoms with Crippen LogP contribution in [0.3, 0.4) is 0 Å². The van der Waals surface area contributed by atoms with Crippen LogP contribution in [0.1, 0.15) is 18.7 Å². The zero-order valence-electron chi connectivity index (χ0n) is 13.3. The third-order valence-electron chi connectivity index (χ3n) is 3.11. The average Bonchev–Trinajstić information content (AvgIpc) is 3.08. The highest BCUT2D eigenvalue weighted by Crippen LogP contribution is 2.27. The lowest BCUT2D eigenvalue weighted by molar-refractivity contribution is 0.223. The van der Waals surface area contributed by atoms with E-state index in [4.69, 9.17) is 18.6 Å². The molecule has 0 N–H and O–H groups in total. The predicted molar refractivity (Wildman–Crippen MR) is 87.0 cm³/mol. The van der Waals surface area contributed by atoms with Gasteiger partial charge in [0.2, 0.25) is 0 Å². The Bertz CT molecular complexity index is 758. The summed E-state index contributed by atoms with van der Waals surface area (Å²) in [5, 5.41) is 7.91. The third kappa shape index (κ3) is 4.25. The molecule has 0 saturated carbocycles. The number of hydrogen-bond donors (Lipinski definition) is 0. The second-order valence-corrected chi connectivity index (χ2v) is 4.86. The van der Waals surface area contributed by atoms with Gasteiger partial charge in [-0.25, -0.2) is 0 Å². The van der Waals surface area contributed by atoms with Crippen LogP contribution >= 0.6 is 0 Å². The van der Waals surface area contributed by atoms with Crippen LogP contribution in [-0.4, -0.2) is 16.8 Å². The topological polar surface area (TPSA) is 66.6 Å². The van der Waals surface area contributed by atoms with E-state index in [0.717, 1.165) is 5.75 Å². The molecule has 3 rings (SSSR count). The van der Waals surface area contributed by atoms with E-state index in [1.54, 1.807) is 0 Å². The fraction of sp³-hybridized carbons (Fsp3) is 0.222. The summed E-state index contributed by atoms with van der Waals surface area (Å²) in [6.07, 6.45) is 0. The Morgan fingerprint density at radius 2 is 1.33 bits per heavy atom. The molecule has 124 valence electrons. The number of aromatic nitrogens is 2. The van der Waals surface area contributed by atoms with Gasteiger partial charge < -0.3 is 18.6 Å². The van der Waals surface area contributed by atoms with Gasteiger partial charge in [-0.1, -0.05) is 30.3 Å². The molecule has 1 aromatic heterocycles. The Balaban J connectivity index is 1.55. The first-order chi connectivity index (χ1) is 11.8. The minimum absolute atomic E-state index is 0.169. The highest BCUT2D eigenvalue weighted by atomic mass is 16.5. The van der Waals surface area contributed by atoms with E-state index in [9.17, 15) is 0 Å². The standard InChI is InChI=1S/C18H18N2O4/c1-2-21-15-10-6-7-11-16(15)23-13-18-20-19-17(24-18)12-22-14-8-4-3-5-9-14/h3-11H,2,12-13H2,1H3.